The Morgan fingerprint density at radius 3 is 2.35 bits per heavy atom. The highest BCUT2D eigenvalue weighted by molar-refractivity contribution is 8.03. The van der Waals surface area contributed by atoms with Crippen LogP contribution in [0.5, 0.6) is 0 Å². The van der Waals surface area contributed by atoms with Crippen molar-refractivity contribution in [3.05, 3.63) is 29.8 Å². The van der Waals surface area contributed by atoms with Crippen molar-refractivity contribution in [2.45, 2.75) is 23.4 Å². The van der Waals surface area contributed by atoms with Crippen LogP contribution in [0.3, 0.4) is 0 Å². The number of rotatable bonds is 6. The third-order valence-electron chi connectivity index (χ3n) is 3.19. The Morgan fingerprint density at radius 2 is 1.77 bits per heavy atom. The van der Waals surface area contributed by atoms with Crippen LogP contribution in [0.4, 0.5) is 15.6 Å². The van der Waals surface area contributed by atoms with Crippen molar-refractivity contribution >= 4 is 51.6 Å². The molecule has 1 aromatic carbocycles. The number of aryl methyl sites for hydroxylation is 1. The van der Waals surface area contributed by atoms with Gasteiger partial charge in [0, 0.05) is 19.8 Å². The van der Waals surface area contributed by atoms with E-state index in [4.69, 9.17) is 0 Å². The molecule has 0 aliphatic carbocycles. The maximum absolute atomic E-state index is 12.1. The molecule has 0 saturated heterocycles. The van der Waals surface area contributed by atoms with Gasteiger partial charge in [0.2, 0.25) is 11.0 Å². The number of carbonyl (C=O) groups is 3. The fourth-order valence-corrected chi connectivity index (χ4v) is 3.80. The Morgan fingerprint density at radius 1 is 1.12 bits per heavy atom. The minimum absolute atomic E-state index is 0.268. The van der Waals surface area contributed by atoms with Gasteiger partial charge in [0.1, 0.15) is 5.25 Å². The SMILES string of the molecule is CC(=O)[C@@H](Sc1nnc(NC(=O)Nc2ccc(C)cc2)s1)C(=O)N(C)C. The molecule has 0 bridgehead atoms. The second-order valence-corrected chi connectivity index (χ2v) is 7.99. The molecule has 0 fully saturated rings. The molecule has 2 aromatic rings. The number of thioether (sulfide) groups is 1. The number of urea groups is 1. The number of nitrogens with one attached hydrogen (secondary N) is 2. The second kappa shape index (κ2) is 8.77. The molecule has 1 heterocycles. The summed E-state index contributed by atoms with van der Waals surface area (Å²) in [6.45, 7) is 3.31. The van der Waals surface area contributed by atoms with Crippen LogP contribution in [-0.4, -0.2) is 52.2 Å². The second-order valence-electron chi connectivity index (χ2n) is 5.66. The Hall–Kier alpha value is -2.46. The summed E-state index contributed by atoms with van der Waals surface area (Å²) in [4.78, 5) is 37.1. The Kier molecular flexibility index (Phi) is 6.70. The van der Waals surface area contributed by atoms with Crippen molar-refractivity contribution in [2.24, 2.45) is 0 Å². The normalized spacial score (nSPS) is 11.5. The number of carbonyl (C=O) groups excluding carboxylic acids is 3. The zero-order chi connectivity index (χ0) is 19.3. The molecule has 0 unspecified atom stereocenters. The zero-order valence-electron chi connectivity index (χ0n) is 14.8. The number of Topliss-reactive ketones (excluding diaryl/α,β-unsaturated/α-hetero) is 1. The molecule has 138 valence electrons. The molecule has 26 heavy (non-hydrogen) atoms. The first-order chi connectivity index (χ1) is 12.3. The largest absolute Gasteiger partial charge is 0.347 e. The van der Waals surface area contributed by atoms with E-state index in [1.165, 1.54) is 11.8 Å². The maximum Gasteiger partial charge on any atom is 0.325 e. The van der Waals surface area contributed by atoms with E-state index in [1.54, 1.807) is 26.2 Å². The van der Waals surface area contributed by atoms with Crippen LogP contribution in [0, 0.1) is 6.92 Å². The summed E-state index contributed by atoms with van der Waals surface area (Å²) < 4.78 is 0.422. The third kappa shape index (κ3) is 5.53. The first-order valence-corrected chi connectivity index (χ1v) is 9.32. The van der Waals surface area contributed by atoms with Gasteiger partial charge in [0.25, 0.3) is 0 Å². The summed E-state index contributed by atoms with van der Waals surface area (Å²) >= 11 is 2.11. The van der Waals surface area contributed by atoms with E-state index in [9.17, 15) is 14.4 Å². The summed E-state index contributed by atoms with van der Waals surface area (Å²) in [6.07, 6.45) is 0. The topological polar surface area (TPSA) is 104 Å². The average Bonchev–Trinajstić information content (AvgIpc) is 3.00. The van der Waals surface area contributed by atoms with E-state index < -0.39 is 11.3 Å². The van der Waals surface area contributed by atoms with E-state index in [-0.39, 0.29) is 16.8 Å². The van der Waals surface area contributed by atoms with Crippen LogP contribution in [-0.2, 0) is 9.59 Å². The first-order valence-electron chi connectivity index (χ1n) is 7.62. The zero-order valence-corrected chi connectivity index (χ0v) is 16.4. The van der Waals surface area contributed by atoms with E-state index in [0.717, 1.165) is 28.7 Å². The Labute approximate surface area is 159 Å². The van der Waals surface area contributed by atoms with Crippen LogP contribution >= 0.6 is 23.1 Å². The number of anilines is 2. The molecule has 0 spiro atoms. The van der Waals surface area contributed by atoms with Gasteiger partial charge >= 0.3 is 6.03 Å². The number of hydrogen-bond acceptors (Lipinski definition) is 7. The standard InChI is InChI=1S/C16H19N5O3S2/c1-9-5-7-11(8-6-9)17-14(24)18-15-19-20-16(26-15)25-12(10(2)22)13(23)21(3)4/h5-8,12H,1-4H3,(H2,17,18,19,24)/t12-/m1/s1. The monoisotopic (exact) mass is 393 g/mol. The fourth-order valence-electron chi connectivity index (χ4n) is 1.85. The minimum atomic E-state index is -0.882. The highest BCUT2D eigenvalue weighted by Crippen LogP contribution is 2.30. The molecule has 0 aliphatic rings. The van der Waals surface area contributed by atoms with Gasteiger partial charge in [0.15, 0.2) is 10.1 Å². The predicted molar refractivity (Wildman–Crippen MR) is 103 cm³/mol. The highest BCUT2D eigenvalue weighted by Gasteiger charge is 2.27. The van der Waals surface area contributed by atoms with Gasteiger partial charge in [-0.05, 0) is 26.0 Å². The molecule has 1 aromatic heterocycles. The fraction of sp³-hybridized carbons (Fsp3) is 0.312. The van der Waals surface area contributed by atoms with Gasteiger partial charge in [-0.3, -0.25) is 14.9 Å². The molecule has 3 amide bonds. The van der Waals surface area contributed by atoms with Crippen LogP contribution in [0.15, 0.2) is 28.6 Å². The number of amides is 3. The number of ketones is 1. The molecule has 0 saturated carbocycles. The molecular formula is C16H19N5O3S2. The molecule has 2 rings (SSSR count). The Balaban J connectivity index is 1.98. The van der Waals surface area contributed by atoms with E-state index >= 15 is 0 Å². The number of benzene rings is 1. The smallest absolute Gasteiger partial charge is 0.325 e. The summed E-state index contributed by atoms with van der Waals surface area (Å²) in [5, 5.41) is 12.4. The summed E-state index contributed by atoms with van der Waals surface area (Å²) in [7, 11) is 3.17. The van der Waals surface area contributed by atoms with Gasteiger partial charge in [-0.1, -0.05) is 40.8 Å². The van der Waals surface area contributed by atoms with E-state index in [1.807, 2.05) is 19.1 Å². The van der Waals surface area contributed by atoms with Gasteiger partial charge < -0.3 is 10.2 Å². The lowest BCUT2D eigenvalue weighted by Gasteiger charge is -2.16. The lowest BCUT2D eigenvalue weighted by molar-refractivity contribution is -0.132. The lowest BCUT2D eigenvalue weighted by atomic mass is 10.2. The summed E-state index contributed by atoms with van der Waals surface area (Å²) in [5.41, 5.74) is 1.74. The maximum atomic E-state index is 12.1. The lowest BCUT2D eigenvalue weighted by Crippen LogP contribution is -2.35. The number of aromatic nitrogens is 2. The Bertz CT molecular complexity index is 804. The first kappa shape index (κ1) is 19.9. The third-order valence-corrected chi connectivity index (χ3v) is 5.41. The van der Waals surface area contributed by atoms with Crippen molar-refractivity contribution in [3.8, 4) is 0 Å². The van der Waals surface area contributed by atoms with Crippen LogP contribution in [0.1, 0.15) is 12.5 Å². The molecule has 1 atom stereocenters. The van der Waals surface area contributed by atoms with Crippen LogP contribution in [0.2, 0.25) is 0 Å². The van der Waals surface area contributed by atoms with E-state index in [0.29, 0.717) is 10.0 Å². The van der Waals surface area contributed by atoms with Gasteiger partial charge in [0.05, 0.1) is 0 Å². The quantitative estimate of drug-likeness (QED) is 0.444. The molecule has 0 radical (unpaired) electrons. The molecule has 10 heteroatoms. The van der Waals surface area contributed by atoms with E-state index in [2.05, 4.69) is 20.8 Å². The summed E-state index contributed by atoms with van der Waals surface area (Å²) in [5.74, 6) is -0.583. The molecule has 0 aliphatic heterocycles. The minimum Gasteiger partial charge on any atom is -0.347 e. The predicted octanol–water partition coefficient (Wildman–Crippen LogP) is 2.63. The van der Waals surface area contributed by atoms with Crippen LogP contribution in [0.25, 0.3) is 0 Å². The molecule has 8 nitrogen and oxygen atoms in total. The van der Waals surface area contributed by atoms with Crippen molar-refractivity contribution in [1.29, 1.82) is 0 Å². The number of nitrogens with zero attached hydrogens (tertiary/aromatic N) is 3. The van der Waals surface area contributed by atoms with Crippen LogP contribution < -0.4 is 10.6 Å². The van der Waals surface area contributed by atoms with Crippen molar-refractivity contribution in [2.75, 3.05) is 24.7 Å². The van der Waals surface area contributed by atoms with Crippen molar-refractivity contribution in [3.63, 3.8) is 0 Å². The van der Waals surface area contributed by atoms with Gasteiger partial charge in [-0.15, -0.1) is 10.2 Å². The van der Waals surface area contributed by atoms with Gasteiger partial charge in [-0.2, -0.15) is 0 Å². The highest BCUT2D eigenvalue weighted by atomic mass is 32.2. The van der Waals surface area contributed by atoms with Crippen molar-refractivity contribution < 1.29 is 14.4 Å². The van der Waals surface area contributed by atoms with Gasteiger partial charge in [-0.25, -0.2) is 4.79 Å². The number of hydrogen-bond donors (Lipinski definition) is 2. The summed E-state index contributed by atoms with van der Waals surface area (Å²) in [6, 6.07) is 6.91. The van der Waals surface area contributed by atoms with Crippen molar-refractivity contribution in [1.82, 2.24) is 15.1 Å². The average molecular weight is 393 g/mol. The molecular weight excluding hydrogens is 374 g/mol. The molecule has 2 N–H and O–H groups in total.